The number of aliphatic hydroxyl groups excluding tert-OH is 1. The molecule has 3 heterocycles. The summed E-state index contributed by atoms with van der Waals surface area (Å²) < 4.78 is 2.21. The fourth-order valence-corrected chi connectivity index (χ4v) is 6.30. The van der Waals surface area contributed by atoms with Gasteiger partial charge in [-0.2, -0.15) is 0 Å². The van der Waals surface area contributed by atoms with Crippen LogP contribution >= 0.6 is 0 Å². The standard InChI is InChI=1S/C21H18N3.C13H24O2.Ir/c1-12-15-8-6-5-7-14(15)11-16-18(12)21(3,4)19-13(2)23-17-9-10-22-20(16)24(17)19;1-5-10(6-2)12(14)9-13(15)11(7-3)8-4;/h5-10H,1-4H3;9-11,14H,5-8H2,1-4H3;/q-1;;/b;12-9-;. The molecule has 40 heavy (non-hydrogen) atoms. The number of rotatable bonds is 7. The summed E-state index contributed by atoms with van der Waals surface area (Å²) >= 11 is 0. The molecule has 1 aliphatic rings. The van der Waals surface area contributed by atoms with Gasteiger partial charge in [-0.1, -0.05) is 83.2 Å². The first-order valence-electron chi connectivity index (χ1n) is 14.3. The van der Waals surface area contributed by atoms with Crippen LogP contribution in [0.3, 0.4) is 0 Å². The molecule has 4 aromatic rings. The number of aliphatic hydroxyl groups is 1. The molecule has 0 saturated heterocycles. The summed E-state index contributed by atoms with van der Waals surface area (Å²) in [4.78, 5) is 21.2. The van der Waals surface area contributed by atoms with Gasteiger partial charge < -0.3 is 9.51 Å². The van der Waals surface area contributed by atoms with Crippen molar-refractivity contribution in [3.8, 4) is 11.4 Å². The minimum Gasteiger partial charge on any atom is -0.512 e. The third-order valence-corrected chi connectivity index (χ3v) is 8.45. The molecule has 2 aromatic carbocycles. The van der Waals surface area contributed by atoms with Crippen molar-refractivity contribution in [2.24, 2.45) is 11.8 Å². The third-order valence-electron chi connectivity index (χ3n) is 8.45. The van der Waals surface area contributed by atoms with E-state index in [9.17, 15) is 9.90 Å². The number of hydrogen-bond acceptors (Lipinski definition) is 4. The van der Waals surface area contributed by atoms with E-state index in [1.807, 2.05) is 40.0 Å². The molecule has 1 aliphatic heterocycles. The Morgan fingerprint density at radius 3 is 2.27 bits per heavy atom. The Kier molecular flexibility index (Phi) is 10.1. The van der Waals surface area contributed by atoms with Crippen LogP contribution in [-0.2, 0) is 30.3 Å². The van der Waals surface area contributed by atoms with E-state index in [1.165, 1.54) is 28.3 Å². The number of aryl methyl sites for hydroxylation is 2. The number of allylic oxidation sites excluding steroid dienone is 2. The van der Waals surface area contributed by atoms with Crippen LogP contribution in [0, 0.1) is 31.7 Å². The first-order valence-corrected chi connectivity index (χ1v) is 14.3. The maximum absolute atomic E-state index is 11.7. The van der Waals surface area contributed by atoms with E-state index in [2.05, 4.69) is 62.4 Å². The molecular formula is C34H42IrN3O2-. The predicted octanol–water partition coefficient (Wildman–Crippen LogP) is 8.47. The van der Waals surface area contributed by atoms with E-state index in [-0.39, 0.29) is 48.9 Å². The molecule has 0 atom stereocenters. The molecule has 2 aromatic heterocycles. The van der Waals surface area contributed by atoms with Gasteiger partial charge in [0.15, 0.2) is 5.78 Å². The molecule has 5 rings (SSSR count). The van der Waals surface area contributed by atoms with Crippen LogP contribution in [0.25, 0.3) is 27.8 Å². The number of carbonyl (C=O) groups is 1. The quantitative estimate of drug-likeness (QED) is 0.118. The molecule has 215 valence electrons. The molecule has 1 radical (unpaired) electrons. The summed E-state index contributed by atoms with van der Waals surface area (Å²) in [6.45, 7) is 17.0. The number of carbonyl (C=O) groups excluding carboxylic acids is 1. The van der Waals surface area contributed by atoms with E-state index < -0.39 is 0 Å². The Balaban J connectivity index is 0.000000243. The van der Waals surface area contributed by atoms with Gasteiger partial charge in [0.1, 0.15) is 5.65 Å². The number of imidazole rings is 1. The van der Waals surface area contributed by atoms with Gasteiger partial charge in [0.05, 0.1) is 17.3 Å². The van der Waals surface area contributed by atoms with E-state index in [1.54, 1.807) is 0 Å². The van der Waals surface area contributed by atoms with Crippen molar-refractivity contribution in [3.63, 3.8) is 0 Å². The monoisotopic (exact) mass is 717 g/mol. The number of nitrogens with zero attached hydrogens (tertiary/aromatic N) is 3. The molecule has 0 amide bonds. The third kappa shape index (κ3) is 5.53. The van der Waals surface area contributed by atoms with Gasteiger partial charge in [0.25, 0.3) is 0 Å². The van der Waals surface area contributed by atoms with Crippen LogP contribution in [0.5, 0.6) is 0 Å². The van der Waals surface area contributed by atoms with Gasteiger partial charge in [-0.25, -0.2) is 4.98 Å². The maximum Gasteiger partial charge on any atom is 0.162 e. The van der Waals surface area contributed by atoms with Crippen molar-refractivity contribution in [2.75, 3.05) is 0 Å². The molecular weight excluding hydrogens is 675 g/mol. The second kappa shape index (κ2) is 12.8. The Morgan fingerprint density at radius 1 is 1.02 bits per heavy atom. The fraction of sp³-hybridized carbons (Fsp3) is 0.441. The molecule has 0 bridgehead atoms. The number of aromatic nitrogens is 3. The Morgan fingerprint density at radius 2 is 1.65 bits per heavy atom. The molecule has 0 unspecified atom stereocenters. The van der Waals surface area contributed by atoms with Crippen molar-refractivity contribution in [1.82, 2.24) is 14.4 Å². The van der Waals surface area contributed by atoms with Crippen molar-refractivity contribution >= 4 is 22.2 Å². The van der Waals surface area contributed by atoms with Crippen LogP contribution in [-0.4, -0.2) is 25.3 Å². The van der Waals surface area contributed by atoms with E-state index in [4.69, 9.17) is 9.97 Å². The first kappa shape index (κ1) is 31.7. The zero-order valence-electron chi connectivity index (χ0n) is 25.1. The van der Waals surface area contributed by atoms with Crippen molar-refractivity contribution in [1.29, 1.82) is 0 Å². The smallest absolute Gasteiger partial charge is 0.162 e. The number of benzene rings is 2. The zero-order valence-corrected chi connectivity index (χ0v) is 27.5. The summed E-state index contributed by atoms with van der Waals surface area (Å²) in [7, 11) is 0. The number of ketones is 1. The van der Waals surface area contributed by atoms with Crippen molar-refractivity contribution in [2.45, 2.75) is 86.5 Å². The molecule has 5 nitrogen and oxygen atoms in total. The van der Waals surface area contributed by atoms with Crippen LogP contribution in [0.2, 0.25) is 0 Å². The number of fused-ring (bicyclic) bond motifs is 3. The average Bonchev–Trinajstić information content (AvgIpc) is 3.26. The largest absolute Gasteiger partial charge is 0.512 e. The first-order chi connectivity index (χ1) is 18.6. The van der Waals surface area contributed by atoms with E-state index >= 15 is 0 Å². The predicted molar refractivity (Wildman–Crippen MR) is 160 cm³/mol. The number of hydrogen-bond donors (Lipinski definition) is 1. The molecule has 0 fully saturated rings. The molecule has 6 heteroatoms. The summed E-state index contributed by atoms with van der Waals surface area (Å²) in [5.41, 5.74) is 6.87. The topological polar surface area (TPSA) is 67.5 Å². The minimum atomic E-state index is -0.139. The van der Waals surface area contributed by atoms with Crippen LogP contribution in [0.1, 0.15) is 89.7 Å². The molecule has 0 aliphatic carbocycles. The maximum atomic E-state index is 11.7. The van der Waals surface area contributed by atoms with E-state index in [0.717, 1.165) is 53.8 Å². The zero-order chi connectivity index (χ0) is 28.5. The van der Waals surface area contributed by atoms with Crippen molar-refractivity contribution < 1.29 is 30.0 Å². The van der Waals surface area contributed by atoms with Gasteiger partial charge in [0.2, 0.25) is 0 Å². The second-order valence-electron chi connectivity index (χ2n) is 11.2. The summed E-state index contributed by atoms with van der Waals surface area (Å²) in [6.07, 6.45) is 6.75. The van der Waals surface area contributed by atoms with Crippen LogP contribution in [0.4, 0.5) is 0 Å². The minimum absolute atomic E-state index is 0. The van der Waals surface area contributed by atoms with Crippen molar-refractivity contribution in [3.05, 3.63) is 76.9 Å². The Bertz CT molecular complexity index is 1540. The fourth-order valence-electron chi connectivity index (χ4n) is 6.30. The molecule has 0 saturated carbocycles. The molecule has 1 N–H and O–H groups in total. The average molecular weight is 717 g/mol. The summed E-state index contributed by atoms with van der Waals surface area (Å²) in [6, 6.07) is 14.1. The van der Waals surface area contributed by atoms with Crippen LogP contribution < -0.4 is 0 Å². The van der Waals surface area contributed by atoms with Gasteiger partial charge >= 0.3 is 0 Å². The SMILES string of the molecule is CCC(CC)C(=O)/C=C(\O)C(CC)CC.Cc1nc2ccnc3n2c1C(C)(C)c1c-3[c-]c2ccccc2c1C.[Ir]. The van der Waals surface area contributed by atoms with Gasteiger partial charge in [-0.3, -0.25) is 9.78 Å². The van der Waals surface area contributed by atoms with Gasteiger partial charge in [0, 0.05) is 55.3 Å². The molecule has 0 spiro atoms. The summed E-state index contributed by atoms with van der Waals surface area (Å²) in [5, 5.41) is 12.2. The summed E-state index contributed by atoms with van der Waals surface area (Å²) in [5.74, 6) is 1.50. The normalized spacial score (nSPS) is 13.7. The van der Waals surface area contributed by atoms with Crippen LogP contribution in [0.15, 0.2) is 48.4 Å². The second-order valence-corrected chi connectivity index (χ2v) is 11.2. The van der Waals surface area contributed by atoms with Gasteiger partial charge in [-0.15, -0.1) is 23.1 Å². The Labute approximate surface area is 252 Å². The Hall–Kier alpha value is -2.82. The van der Waals surface area contributed by atoms with E-state index in [0.29, 0.717) is 0 Å². The van der Waals surface area contributed by atoms with Gasteiger partial charge in [-0.05, 0) is 38.7 Å².